The van der Waals surface area contributed by atoms with Gasteiger partial charge in [0.15, 0.2) is 5.72 Å². The Balaban J connectivity index is 2.78. The van der Waals surface area contributed by atoms with Crippen LogP contribution in [-0.2, 0) is 9.53 Å². The second-order valence-corrected chi connectivity index (χ2v) is 4.56. The van der Waals surface area contributed by atoms with Gasteiger partial charge < -0.3 is 25.6 Å². The zero-order valence-corrected chi connectivity index (χ0v) is 11.1. The number of primary amides is 1. The lowest BCUT2D eigenvalue weighted by molar-refractivity contribution is -0.187. The number of allylic oxidation sites excluding steroid dienone is 1. The molecule has 0 saturated carbocycles. The van der Waals surface area contributed by atoms with Crippen LogP contribution in [0.3, 0.4) is 0 Å². The van der Waals surface area contributed by atoms with E-state index in [-0.39, 0.29) is 0 Å². The molecule has 0 saturated heterocycles. The molecule has 0 fully saturated rings. The first kappa shape index (κ1) is 15.6. The third kappa shape index (κ3) is 3.77. The Morgan fingerprint density at radius 2 is 2.26 bits per heavy atom. The molecule has 1 amide bonds. The molecule has 0 aromatic heterocycles. The van der Waals surface area contributed by atoms with Gasteiger partial charge in [-0.1, -0.05) is 6.08 Å². The third-order valence-electron chi connectivity index (χ3n) is 3.00. The highest BCUT2D eigenvalue weighted by Gasteiger charge is 2.34. The number of hydrogen-bond acceptors (Lipinski definition) is 6. The van der Waals surface area contributed by atoms with Crippen molar-refractivity contribution in [3.8, 4) is 0 Å². The van der Waals surface area contributed by atoms with E-state index in [4.69, 9.17) is 16.2 Å². The van der Waals surface area contributed by atoms with Gasteiger partial charge >= 0.3 is 0 Å². The van der Waals surface area contributed by atoms with Gasteiger partial charge in [-0.3, -0.25) is 10.5 Å². The Hall–Kier alpha value is -1.41. The van der Waals surface area contributed by atoms with Crippen LogP contribution in [0.4, 0.5) is 0 Å². The van der Waals surface area contributed by atoms with E-state index in [0.717, 1.165) is 0 Å². The van der Waals surface area contributed by atoms with Crippen LogP contribution in [0.15, 0.2) is 24.0 Å². The predicted octanol–water partition coefficient (Wildman–Crippen LogP) is -1.03. The number of carbonyl (C=O) groups is 1. The van der Waals surface area contributed by atoms with Gasteiger partial charge in [-0.25, -0.2) is 0 Å². The Labute approximate surface area is 112 Å². The first-order chi connectivity index (χ1) is 8.80. The summed E-state index contributed by atoms with van der Waals surface area (Å²) in [7, 11) is 0. The van der Waals surface area contributed by atoms with Crippen LogP contribution in [-0.4, -0.2) is 45.7 Å². The molecular weight excluding hydrogens is 250 g/mol. The molecule has 7 heteroatoms. The smallest absolute Gasteiger partial charge is 0.246 e. The van der Waals surface area contributed by atoms with Crippen LogP contribution < -0.4 is 11.5 Å². The fourth-order valence-electron chi connectivity index (χ4n) is 1.61. The summed E-state index contributed by atoms with van der Waals surface area (Å²) >= 11 is 0. The Morgan fingerprint density at radius 3 is 2.74 bits per heavy atom. The topological polar surface area (TPSA) is 122 Å². The third-order valence-corrected chi connectivity index (χ3v) is 3.00. The van der Waals surface area contributed by atoms with Crippen molar-refractivity contribution in [2.75, 3.05) is 6.61 Å². The SMILES string of the molecule is CC(O)C(N)(CO)O[C@H](C)N1C=CCC(C(N)=O)=C1. The summed E-state index contributed by atoms with van der Waals surface area (Å²) < 4.78 is 5.47. The Bertz CT molecular complexity index is 394. The maximum Gasteiger partial charge on any atom is 0.246 e. The highest BCUT2D eigenvalue weighted by atomic mass is 16.6. The number of aliphatic hydroxyl groups is 2. The number of carbonyl (C=O) groups excluding carboxylic acids is 1. The molecule has 108 valence electrons. The van der Waals surface area contributed by atoms with Crippen LogP contribution >= 0.6 is 0 Å². The molecule has 1 rings (SSSR count). The van der Waals surface area contributed by atoms with Crippen LogP contribution in [0, 0.1) is 0 Å². The zero-order valence-electron chi connectivity index (χ0n) is 11.1. The second kappa shape index (κ2) is 6.16. The van der Waals surface area contributed by atoms with Gasteiger partial charge in [-0.05, 0) is 20.3 Å². The number of aliphatic hydroxyl groups excluding tert-OH is 2. The van der Waals surface area contributed by atoms with Gasteiger partial charge in [0.2, 0.25) is 5.91 Å². The van der Waals surface area contributed by atoms with E-state index < -0.39 is 30.6 Å². The molecule has 19 heavy (non-hydrogen) atoms. The zero-order chi connectivity index (χ0) is 14.6. The highest BCUT2D eigenvalue weighted by molar-refractivity contribution is 5.92. The highest BCUT2D eigenvalue weighted by Crippen LogP contribution is 2.19. The summed E-state index contributed by atoms with van der Waals surface area (Å²) in [5, 5.41) is 18.7. The van der Waals surface area contributed by atoms with Crippen molar-refractivity contribution in [1.29, 1.82) is 0 Å². The Morgan fingerprint density at radius 1 is 1.63 bits per heavy atom. The lowest BCUT2D eigenvalue weighted by atomic mass is 10.1. The molecule has 0 aromatic carbocycles. The maximum atomic E-state index is 11.1. The molecule has 2 unspecified atom stereocenters. The average molecular weight is 271 g/mol. The van der Waals surface area contributed by atoms with E-state index in [1.54, 1.807) is 30.3 Å². The quantitative estimate of drug-likeness (QED) is 0.458. The van der Waals surface area contributed by atoms with Gasteiger partial charge in [0.1, 0.15) is 6.23 Å². The minimum absolute atomic E-state index is 0.446. The van der Waals surface area contributed by atoms with Gasteiger partial charge in [-0.2, -0.15) is 0 Å². The molecule has 0 aliphatic carbocycles. The molecule has 1 aliphatic rings. The minimum Gasteiger partial charge on any atom is -0.392 e. The van der Waals surface area contributed by atoms with Crippen LogP contribution in [0.2, 0.25) is 0 Å². The summed E-state index contributed by atoms with van der Waals surface area (Å²) in [5.74, 6) is -0.502. The van der Waals surface area contributed by atoms with Gasteiger partial charge in [0.25, 0.3) is 0 Å². The van der Waals surface area contributed by atoms with Crippen molar-refractivity contribution in [2.24, 2.45) is 11.5 Å². The molecule has 0 bridgehead atoms. The standard InChI is InChI=1S/C12H21N3O4/c1-8(17)12(14,7-16)19-9(2)15-5-3-4-10(6-15)11(13)18/h3,5-6,8-9,16-17H,4,7,14H2,1-2H3,(H2,13,18)/t8?,9-,12?/m1/s1. The van der Waals surface area contributed by atoms with Crippen LogP contribution in [0.25, 0.3) is 0 Å². The second-order valence-electron chi connectivity index (χ2n) is 4.56. The van der Waals surface area contributed by atoms with E-state index in [0.29, 0.717) is 12.0 Å². The van der Waals surface area contributed by atoms with Crippen molar-refractivity contribution >= 4 is 5.91 Å². The molecule has 0 aromatic rings. The molecule has 1 heterocycles. The molecule has 0 radical (unpaired) electrons. The van der Waals surface area contributed by atoms with Gasteiger partial charge in [-0.15, -0.1) is 0 Å². The number of nitrogens with zero attached hydrogens (tertiary/aromatic N) is 1. The first-order valence-corrected chi connectivity index (χ1v) is 6.00. The van der Waals surface area contributed by atoms with Crippen molar-refractivity contribution < 1.29 is 19.7 Å². The number of hydrogen-bond donors (Lipinski definition) is 4. The molecule has 7 nitrogen and oxygen atoms in total. The molecular formula is C12H21N3O4. The van der Waals surface area contributed by atoms with E-state index >= 15 is 0 Å². The van der Waals surface area contributed by atoms with Crippen molar-refractivity contribution in [2.45, 2.75) is 38.3 Å². The van der Waals surface area contributed by atoms with E-state index in [2.05, 4.69) is 0 Å². The van der Waals surface area contributed by atoms with E-state index in [1.807, 2.05) is 0 Å². The summed E-state index contributed by atoms with van der Waals surface area (Å²) in [5.41, 5.74) is 9.86. The number of rotatable bonds is 6. The minimum atomic E-state index is -1.56. The van der Waals surface area contributed by atoms with Crippen molar-refractivity contribution in [3.05, 3.63) is 24.0 Å². The summed E-state index contributed by atoms with van der Waals surface area (Å²) in [6, 6.07) is 0. The Kier molecular flexibility index (Phi) is 5.07. The first-order valence-electron chi connectivity index (χ1n) is 6.00. The number of amides is 1. The summed E-state index contributed by atoms with van der Waals surface area (Å²) in [6.45, 7) is 2.59. The fraction of sp³-hybridized carbons (Fsp3) is 0.583. The maximum absolute atomic E-state index is 11.1. The lowest BCUT2D eigenvalue weighted by Gasteiger charge is -2.37. The number of nitrogens with two attached hydrogens (primary N) is 2. The monoisotopic (exact) mass is 271 g/mol. The van der Waals surface area contributed by atoms with Gasteiger partial charge in [0.05, 0.1) is 12.7 Å². The van der Waals surface area contributed by atoms with Crippen molar-refractivity contribution in [1.82, 2.24) is 4.90 Å². The van der Waals surface area contributed by atoms with E-state index in [9.17, 15) is 15.0 Å². The molecule has 0 spiro atoms. The largest absolute Gasteiger partial charge is 0.392 e. The predicted molar refractivity (Wildman–Crippen MR) is 69.1 cm³/mol. The van der Waals surface area contributed by atoms with Crippen LogP contribution in [0.5, 0.6) is 0 Å². The van der Waals surface area contributed by atoms with Crippen LogP contribution in [0.1, 0.15) is 20.3 Å². The summed E-state index contributed by atoms with van der Waals surface area (Å²) in [6.07, 6.45) is 3.89. The molecule has 3 atom stereocenters. The van der Waals surface area contributed by atoms with Gasteiger partial charge in [0, 0.05) is 18.0 Å². The average Bonchev–Trinajstić information content (AvgIpc) is 2.38. The lowest BCUT2D eigenvalue weighted by Crippen LogP contribution is -2.58. The fourth-order valence-corrected chi connectivity index (χ4v) is 1.61. The summed E-state index contributed by atoms with van der Waals surface area (Å²) in [4.78, 5) is 12.7. The van der Waals surface area contributed by atoms with E-state index in [1.165, 1.54) is 6.92 Å². The van der Waals surface area contributed by atoms with Crippen molar-refractivity contribution in [3.63, 3.8) is 0 Å². The molecule has 6 N–H and O–H groups in total. The normalized spacial score (nSPS) is 21.5. The molecule has 1 aliphatic heterocycles. The number of ether oxygens (including phenoxy) is 1.